The molecule has 0 aliphatic rings. The molecule has 0 saturated heterocycles. The predicted octanol–water partition coefficient (Wildman–Crippen LogP) is 4.08. The van der Waals surface area contributed by atoms with Crippen LogP contribution < -0.4 is 10.1 Å². The van der Waals surface area contributed by atoms with E-state index in [4.69, 9.17) is 16.3 Å². The van der Waals surface area contributed by atoms with E-state index < -0.39 is 0 Å². The van der Waals surface area contributed by atoms with Crippen LogP contribution in [0.3, 0.4) is 0 Å². The number of rotatable bonds is 5. The lowest BCUT2D eigenvalue weighted by molar-refractivity contribution is 0.456. The van der Waals surface area contributed by atoms with E-state index in [1.807, 2.05) is 13.2 Å². The summed E-state index contributed by atoms with van der Waals surface area (Å²) in [6, 6.07) is 8.93. The van der Waals surface area contributed by atoms with Crippen LogP contribution in [0.15, 0.2) is 35.5 Å². The van der Waals surface area contributed by atoms with Crippen molar-refractivity contribution in [3.8, 4) is 11.6 Å². The fraction of sp³-hybridized carbons (Fsp3) is 0.231. The molecule has 19 heavy (non-hydrogen) atoms. The van der Waals surface area contributed by atoms with Crippen molar-refractivity contribution in [3.05, 3.63) is 35.4 Å². The van der Waals surface area contributed by atoms with E-state index in [2.05, 4.69) is 15.3 Å². The second-order valence-corrected chi connectivity index (χ2v) is 4.87. The monoisotopic (exact) mass is 295 g/mol. The Labute approximate surface area is 121 Å². The van der Waals surface area contributed by atoms with Crippen molar-refractivity contribution in [1.82, 2.24) is 9.97 Å². The smallest absolute Gasteiger partial charge is 0.225 e. The molecule has 0 saturated carbocycles. The Morgan fingerprint density at radius 1 is 1.26 bits per heavy atom. The van der Waals surface area contributed by atoms with Gasteiger partial charge in [-0.3, -0.25) is 0 Å². The van der Waals surface area contributed by atoms with Gasteiger partial charge in [-0.1, -0.05) is 23.4 Å². The zero-order valence-electron chi connectivity index (χ0n) is 10.7. The van der Waals surface area contributed by atoms with E-state index in [1.54, 1.807) is 30.3 Å². The molecule has 0 radical (unpaired) electrons. The summed E-state index contributed by atoms with van der Waals surface area (Å²) in [6.45, 7) is 2.81. The maximum atomic E-state index is 5.83. The number of nitrogens with zero attached hydrogens (tertiary/aromatic N) is 2. The summed E-state index contributed by atoms with van der Waals surface area (Å²) in [6.07, 6.45) is 1.93. The van der Waals surface area contributed by atoms with E-state index in [0.717, 1.165) is 12.4 Å². The largest absolute Gasteiger partial charge is 0.439 e. The van der Waals surface area contributed by atoms with E-state index >= 15 is 0 Å². The molecule has 1 N–H and O–H groups in total. The SMILES string of the molecule is CCNc1cc(Oc2ccc(Cl)cc2)nc(SC)n1. The maximum Gasteiger partial charge on any atom is 0.225 e. The number of nitrogens with one attached hydrogen (secondary N) is 1. The third kappa shape index (κ3) is 4.01. The highest BCUT2D eigenvalue weighted by atomic mass is 35.5. The first-order chi connectivity index (χ1) is 9.21. The molecule has 0 atom stereocenters. The summed E-state index contributed by atoms with van der Waals surface area (Å²) in [4.78, 5) is 8.65. The van der Waals surface area contributed by atoms with Crippen molar-refractivity contribution < 1.29 is 4.74 Å². The minimum Gasteiger partial charge on any atom is -0.439 e. The van der Waals surface area contributed by atoms with Gasteiger partial charge in [-0.15, -0.1) is 0 Å². The highest BCUT2D eigenvalue weighted by molar-refractivity contribution is 7.98. The first-order valence-electron chi connectivity index (χ1n) is 5.81. The van der Waals surface area contributed by atoms with Gasteiger partial charge in [0.2, 0.25) is 5.88 Å². The third-order valence-electron chi connectivity index (χ3n) is 2.26. The van der Waals surface area contributed by atoms with E-state index in [-0.39, 0.29) is 0 Å². The van der Waals surface area contributed by atoms with Gasteiger partial charge in [-0.25, -0.2) is 4.98 Å². The molecule has 100 valence electrons. The molecule has 0 unspecified atom stereocenters. The van der Waals surface area contributed by atoms with Crippen LogP contribution in [0.4, 0.5) is 5.82 Å². The van der Waals surface area contributed by atoms with Gasteiger partial charge in [0.25, 0.3) is 0 Å². The second kappa shape index (κ2) is 6.63. The van der Waals surface area contributed by atoms with Crippen molar-refractivity contribution >= 4 is 29.2 Å². The van der Waals surface area contributed by atoms with Crippen LogP contribution in [0.1, 0.15) is 6.92 Å². The zero-order chi connectivity index (χ0) is 13.7. The number of thioether (sulfide) groups is 1. The van der Waals surface area contributed by atoms with Crippen LogP contribution in [0.2, 0.25) is 5.02 Å². The number of hydrogen-bond donors (Lipinski definition) is 1. The Morgan fingerprint density at radius 3 is 2.63 bits per heavy atom. The maximum absolute atomic E-state index is 5.83. The summed E-state index contributed by atoms with van der Waals surface area (Å²) in [5.74, 6) is 1.96. The predicted molar refractivity (Wildman–Crippen MR) is 79.5 cm³/mol. The number of benzene rings is 1. The first kappa shape index (κ1) is 14.0. The quantitative estimate of drug-likeness (QED) is 0.665. The van der Waals surface area contributed by atoms with Crippen molar-refractivity contribution in [1.29, 1.82) is 0 Å². The summed E-state index contributed by atoms with van der Waals surface area (Å²) in [5.41, 5.74) is 0. The van der Waals surface area contributed by atoms with Crippen LogP contribution in [0.25, 0.3) is 0 Å². The standard InChI is InChI=1S/C13H14ClN3OS/c1-3-15-11-8-12(17-13(16-11)19-2)18-10-6-4-9(14)5-7-10/h4-8H,3H2,1-2H3,(H,15,16,17). The molecular weight excluding hydrogens is 282 g/mol. The molecule has 1 aromatic carbocycles. The van der Waals surface area contributed by atoms with Gasteiger partial charge >= 0.3 is 0 Å². The number of aromatic nitrogens is 2. The van der Waals surface area contributed by atoms with Crippen LogP contribution in [-0.2, 0) is 0 Å². The molecule has 0 aliphatic carbocycles. The van der Waals surface area contributed by atoms with Gasteiger partial charge < -0.3 is 10.1 Å². The van der Waals surface area contributed by atoms with Crippen LogP contribution in [-0.4, -0.2) is 22.8 Å². The van der Waals surface area contributed by atoms with Crippen molar-refractivity contribution in [3.63, 3.8) is 0 Å². The van der Waals surface area contributed by atoms with Crippen LogP contribution in [0, 0.1) is 0 Å². The summed E-state index contributed by atoms with van der Waals surface area (Å²) < 4.78 is 5.70. The van der Waals surface area contributed by atoms with Gasteiger partial charge in [0, 0.05) is 17.6 Å². The van der Waals surface area contributed by atoms with Crippen LogP contribution in [0.5, 0.6) is 11.6 Å². The van der Waals surface area contributed by atoms with Gasteiger partial charge in [-0.05, 0) is 37.4 Å². The lowest BCUT2D eigenvalue weighted by atomic mass is 10.3. The molecule has 4 nitrogen and oxygen atoms in total. The first-order valence-corrected chi connectivity index (χ1v) is 7.42. The van der Waals surface area contributed by atoms with Gasteiger partial charge in [0.15, 0.2) is 5.16 Å². The minimum atomic E-state index is 0.512. The molecule has 6 heteroatoms. The summed E-state index contributed by atoms with van der Waals surface area (Å²) in [5, 5.41) is 4.50. The molecule has 2 aromatic rings. The normalized spacial score (nSPS) is 10.3. The Balaban J connectivity index is 2.23. The molecule has 0 fully saturated rings. The highest BCUT2D eigenvalue weighted by Gasteiger charge is 2.05. The minimum absolute atomic E-state index is 0.512. The Morgan fingerprint density at radius 2 is 2.00 bits per heavy atom. The highest BCUT2D eigenvalue weighted by Crippen LogP contribution is 2.25. The molecular formula is C13H14ClN3OS. The summed E-state index contributed by atoms with van der Waals surface area (Å²) >= 11 is 7.31. The number of ether oxygens (including phenoxy) is 1. The Bertz CT molecular complexity index is 548. The average molecular weight is 296 g/mol. The van der Waals surface area contributed by atoms with Gasteiger partial charge in [-0.2, -0.15) is 4.98 Å². The second-order valence-electron chi connectivity index (χ2n) is 3.66. The fourth-order valence-electron chi connectivity index (χ4n) is 1.44. The molecule has 1 aromatic heterocycles. The van der Waals surface area contributed by atoms with Gasteiger partial charge in [0.05, 0.1) is 0 Å². The number of anilines is 1. The van der Waals surface area contributed by atoms with Crippen molar-refractivity contribution in [2.24, 2.45) is 0 Å². The van der Waals surface area contributed by atoms with Crippen molar-refractivity contribution in [2.45, 2.75) is 12.1 Å². The zero-order valence-corrected chi connectivity index (χ0v) is 12.3. The Kier molecular flexibility index (Phi) is 4.87. The van der Waals surface area contributed by atoms with Crippen LogP contribution >= 0.6 is 23.4 Å². The van der Waals surface area contributed by atoms with E-state index in [1.165, 1.54) is 11.8 Å². The van der Waals surface area contributed by atoms with E-state index in [0.29, 0.717) is 21.8 Å². The molecule has 0 aliphatic heterocycles. The third-order valence-corrected chi connectivity index (χ3v) is 3.06. The molecule has 2 rings (SSSR count). The van der Waals surface area contributed by atoms with Gasteiger partial charge in [0.1, 0.15) is 11.6 Å². The lowest BCUT2D eigenvalue weighted by Crippen LogP contribution is -2.02. The molecule has 0 bridgehead atoms. The fourth-order valence-corrected chi connectivity index (χ4v) is 1.94. The number of halogens is 1. The van der Waals surface area contributed by atoms with E-state index in [9.17, 15) is 0 Å². The Hall–Kier alpha value is -1.46. The summed E-state index contributed by atoms with van der Waals surface area (Å²) in [7, 11) is 0. The molecule has 0 amide bonds. The topological polar surface area (TPSA) is 47.0 Å². The number of hydrogen-bond acceptors (Lipinski definition) is 5. The molecule has 1 heterocycles. The van der Waals surface area contributed by atoms with Crippen molar-refractivity contribution in [2.75, 3.05) is 18.1 Å². The average Bonchev–Trinajstić information content (AvgIpc) is 2.41. The lowest BCUT2D eigenvalue weighted by Gasteiger charge is -2.08. The molecule has 0 spiro atoms.